The third-order valence-electron chi connectivity index (χ3n) is 2.37. The van der Waals surface area contributed by atoms with Gasteiger partial charge in [0.1, 0.15) is 0 Å². The number of hydrogen-bond acceptors (Lipinski definition) is 1. The highest BCUT2D eigenvalue weighted by Crippen LogP contribution is 2.48. The Labute approximate surface area is 51.0 Å². The van der Waals surface area contributed by atoms with Gasteiger partial charge in [-0.15, -0.1) is 0 Å². The molecule has 1 rings (SSSR count). The lowest BCUT2D eigenvalue weighted by Crippen LogP contribution is -2.16. The predicted octanol–water partition coefficient (Wildman–Crippen LogP) is 1.82. The fourth-order valence-corrected chi connectivity index (χ4v) is 0.888. The molecule has 8 heavy (non-hydrogen) atoms. The summed E-state index contributed by atoms with van der Waals surface area (Å²) in [6, 6.07) is 0. The third kappa shape index (κ3) is 0.873. The highest BCUT2D eigenvalue weighted by Gasteiger charge is 2.42. The van der Waals surface area contributed by atoms with Gasteiger partial charge in [-0.05, 0) is 25.2 Å². The SMILES string of the molecule is CO[C@@H](C)C1(C)CC1. The maximum atomic E-state index is 5.18. The van der Waals surface area contributed by atoms with Crippen LogP contribution in [0.25, 0.3) is 0 Å². The van der Waals surface area contributed by atoms with Gasteiger partial charge in [-0.1, -0.05) is 6.92 Å². The van der Waals surface area contributed by atoms with Crippen molar-refractivity contribution in [3.63, 3.8) is 0 Å². The van der Waals surface area contributed by atoms with Crippen LogP contribution in [0.2, 0.25) is 0 Å². The number of methoxy groups -OCH3 is 1. The Hall–Kier alpha value is -0.0400. The maximum absolute atomic E-state index is 5.18. The minimum atomic E-state index is 0.461. The fourth-order valence-electron chi connectivity index (χ4n) is 0.888. The molecule has 48 valence electrons. The summed E-state index contributed by atoms with van der Waals surface area (Å²) >= 11 is 0. The van der Waals surface area contributed by atoms with Crippen LogP contribution >= 0.6 is 0 Å². The second-order valence-corrected chi connectivity index (χ2v) is 3.03. The third-order valence-corrected chi connectivity index (χ3v) is 2.37. The quantitative estimate of drug-likeness (QED) is 0.532. The van der Waals surface area contributed by atoms with Crippen LogP contribution in [0.1, 0.15) is 26.7 Å². The van der Waals surface area contributed by atoms with Crippen molar-refractivity contribution in [3.05, 3.63) is 0 Å². The lowest BCUT2D eigenvalue weighted by Gasteiger charge is -2.15. The van der Waals surface area contributed by atoms with Crippen molar-refractivity contribution in [1.82, 2.24) is 0 Å². The van der Waals surface area contributed by atoms with Crippen LogP contribution in [0, 0.1) is 5.41 Å². The molecule has 0 amide bonds. The largest absolute Gasteiger partial charge is 0.381 e. The van der Waals surface area contributed by atoms with E-state index in [1.165, 1.54) is 12.8 Å². The zero-order valence-electron chi connectivity index (χ0n) is 5.90. The smallest absolute Gasteiger partial charge is 0.0596 e. The van der Waals surface area contributed by atoms with E-state index in [0.29, 0.717) is 11.5 Å². The van der Waals surface area contributed by atoms with Gasteiger partial charge in [-0.3, -0.25) is 0 Å². The Bertz CT molecular complexity index is 84.4. The molecule has 0 heterocycles. The molecule has 1 heteroatoms. The number of rotatable bonds is 2. The number of ether oxygens (including phenoxy) is 1. The first kappa shape index (κ1) is 6.09. The lowest BCUT2D eigenvalue weighted by atomic mass is 10.0. The molecule has 1 saturated carbocycles. The molecule has 0 aromatic rings. The van der Waals surface area contributed by atoms with E-state index in [9.17, 15) is 0 Å². The maximum Gasteiger partial charge on any atom is 0.0596 e. The summed E-state index contributed by atoms with van der Waals surface area (Å²) in [5, 5.41) is 0. The van der Waals surface area contributed by atoms with Gasteiger partial charge in [0.15, 0.2) is 0 Å². The average Bonchev–Trinajstić information content (AvgIpc) is 2.47. The first-order valence-corrected chi connectivity index (χ1v) is 3.22. The average molecular weight is 114 g/mol. The summed E-state index contributed by atoms with van der Waals surface area (Å²) in [6.07, 6.45) is 3.16. The summed E-state index contributed by atoms with van der Waals surface area (Å²) < 4.78 is 5.18. The minimum absolute atomic E-state index is 0.461. The van der Waals surface area contributed by atoms with Gasteiger partial charge in [-0.2, -0.15) is 0 Å². The zero-order valence-corrected chi connectivity index (χ0v) is 5.90. The van der Waals surface area contributed by atoms with E-state index in [4.69, 9.17) is 4.74 Å². The van der Waals surface area contributed by atoms with Crippen LogP contribution in [0.5, 0.6) is 0 Å². The normalized spacial score (nSPS) is 27.4. The molecule has 1 aliphatic carbocycles. The van der Waals surface area contributed by atoms with Gasteiger partial charge in [0, 0.05) is 7.11 Å². The standard InChI is InChI=1S/C7H14O/c1-6(8-3)7(2)4-5-7/h6H,4-5H2,1-3H3/t6-/m0/s1. The summed E-state index contributed by atoms with van der Waals surface area (Å²) in [7, 11) is 1.79. The van der Waals surface area contributed by atoms with Crippen LogP contribution < -0.4 is 0 Å². The Morgan fingerprint density at radius 2 is 2.00 bits per heavy atom. The molecule has 1 aliphatic rings. The fraction of sp³-hybridized carbons (Fsp3) is 1.00. The lowest BCUT2D eigenvalue weighted by molar-refractivity contribution is 0.0627. The summed E-state index contributed by atoms with van der Waals surface area (Å²) in [4.78, 5) is 0. The van der Waals surface area contributed by atoms with E-state index < -0.39 is 0 Å². The zero-order chi connectivity index (χ0) is 6.20. The second kappa shape index (κ2) is 1.73. The Balaban J connectivity index is 2.34. The molecular weight excluding hydrogens is 100 g/mol. The topological polar surface area (TPSA) is 9.23 Å². The van der Waals surface area contributed by atoms with Gasteiger partial charge in [-0.25, -0.2) is 0 Å². The molecule has 0 unspecified atom stereocenters. The Morgan fingerprint density at radius 1 is 1.50 bits per heavy atom. The molecule has 0 bridgehead atoms. The predicted molar refractivity (Wildman–Crippen MR) is 33.8 cm³/mol. The van der Waals surface area contributed by atoms with Crippen molar-refractivity contribution >= 4 is 0 Å². The van der Waals surface area contributed by atoms with Gasteiger partial charge in [0.2, 0.25) is 0 Å². The highest BCUT2D eigenvalue weighted by atomic mass is 16.5. The van der Waals surface area contributed by atoms with E-state index in [1.54, 1.807) is 7.11 Å². The first-order valence-electron chi connectivity index (χ1n) is 3.22. The van der Waals surface area contributed by atoms with Crippen LogP contribution in [0.15, 0.2) is 0 Å². The molecule has 0 aromatic carbocycles. The summed E-state index contributed by atoms with van der Waals surface area (Å²) in [6.45, 7) is 4.42. The van der Waals surface area contributed by atoms with Crippen molar-refractivity contribution < 1.29 is 4.74 Å². The van der Waals surface area contributed by atoms with Crippen LogP contribution in [-0.4, -0.2) is 13.2 Å². The molecule has 0 spiro atoms. The van der Waals surface area contributed by atoms with Crippen LogP contribution in [-0.2, 0) is 4.74 Å². The molecule has 0 aromatic heterocycles. The van der Waals surface area contributed by atoms with E-state index in [2.05, 4.69) is 13.8 Å². The van der Waals surface area contributed by atoms with Gasteiger partial charge < -0.3 is 4.74 Å². The van der Waals surface area contributed by atoms with Crippen LogP contribution in [0.3, 0.4) is 0 Å². The molecule has 0 saturated heterocycles. The van der Waals surface area contributed by atoms with E-state index >= 15 is 0 Å². The summed E-state index contributed by atoms with van der Waals surface area (Å²) in [5.41, 5.74) is 0.536. The van der Waals surface area contributed by atoms with E-state index in [-0.39, 0.29) is 0 Å². The Kier molecular flexibility index (Phi) is 1.31. The van der Waals surface area contributed by atoms with E-state index in [1.807, 2.05) is 0 Å². The monoisotopic (exact) mass is 114 g/mol. The molecular formula is C7H14O. The van der Waals surface area contributed by atoms with Gasteiger partial charge in [0.05, 0.1) is 6.10 Å². The number of hydrogen-bond donors (Lipinski definition) is 0. The van der Waals surface area contributed by atoms with Crippen molar-refractivity contribution in [2.45, 2.75) is 32.8 Å². The molecule has 0 radical (unpaired) electrons. The molecule has 1 atom stereocenters. The van der Waals surface area contributed by atoms with Crippen molar-refractivity contribution in [2.75, 3.05) is 7.11 Å². The molecule has 1 fully saturated rings. The van der Waals surface area contributed by atoms with Crippen molar-refractivity contribution in [1.29, 1.82) is 0 Å². The van der Waals surface area contributed by atoms with E-state index in [0.717, 1.165) is 0 Å². The van der Waals surface area contributed by atoms with Gasteiger partial charge in [0.25, 0.3) is 0 Å². The molecule has 0 aliphatic heterocycles. The molecule has 1 nitrogen and oxygen atoms in total. The van der Waals surface area contributed by atoms with Crippen molar-refractivity contribution in [3.8, 4) is 0 Å². The second-order valence-electron chi connectivity index (χ2n) is 3.03. The highest BCUT2D eigenvalue weighted by molar-refractivity contribution is 4.93. The summed E-state index contributed by atoms with van der Waals surface area (Å²) in [5.74, 6) is 0. The van der Waals surface area contributed by atoms with Crippen molar-refractivity contribution in [2.24, 2.45) is 5.41 Å². The molecule has 0 N–H and O–H groups in total. The van der Waals surface area contributed by atoms with Gasteiger partial charge >= 0.3 is 0 Å². The van der Waals surface area contributed by atoms with Crippen LogP contribution in [0.4, 0.5) is 0 Å². The minimum Gasteiger partial charge on any atom is -0.381 e. The first-order chi connectivity index (χ1) is 3.69. The Morgan fingerprint density at radius 3 is 2.12 bits per heavy atom.